The number of esters is 1. The molecule has 0 aliphatic heterocycles. The molecule has 0 radical (unpaired) electrons. The lowest BCUT2D eigenvalue weighted by molar-refractivity contribution is -0.151. The third kappa shape index (κ3) is 9.61. The van der Waals surface area contributed by atoms with E-state index in [1.807, 2.05) is 26.0 Å². The average Bonchev–Trinajstić information content (AvgIpc) is 2.61. The molecule has 0 N–H and O–H groups in total. The summed E-state index contributed by atoms with van der Waals surface area (Å²) >= 11 is 0. The lowest BCUT2D eigenvalue weighted by Crippen LogP contribution is -2.36. The Hall–Kier alpha value is -1.39. The molecule has 0 saturated carbocycles. The van der Waals surface area contributed by atoms with Gasteiger partial charge in [-0.15, -0.1) is 17.0 Å². The van der Waals surface area contributed by atoms with Crippen LogP contribution in [0, 0.1) is 5.41 Å². The lowest BCUT2D eigenvalue weighted by Gasteiger charge is -2.32. The molecule has 0 bridgehead atoms. The van der Waals surface area contributed by atoms with Gasteiger partial charge in [0.15, 0.2) is 6.23 Å². The molecule has 1 unspecified atom stereocenters. The molecule has 1 aliphatic carbocycles. The van der Waals surface area contributed by atoms with Gasteiger partial charge in [0.05, 0.1) is 0 Å². The molecule has 1 rings (SSSR count). The van der Waals surface area contributed by atoms with Crippen molar-refractivity contribution in [1.82, 2.24) is 4.90 Å². The smallest absolute Gasteiger partial charge is 0.332 e. The van der Waals surface area contributed by atoms with Gasteiger partial charge in [0.25, 0.3) is 0 Å². The van der Waals surface area contributed by atoms with Gasteiger partial charge in [-0.2, -0.15) is 0 Å². The van der Waals surface area contributed by atoms with Gasteiger partial charge in [-0.05, 0) is 76.6 Å². The van der Waals surface area contributed by atoms with Crippen LogP contribution in [0.3, 0.4) is 0 Å². The zero-order chi connectivity index (χ0) is 22.0. The van der Waals surface area contributed by atoms with Crippen molar-refractivity contribution in [3.63, 3.8) is 0 Å². The molecule has 0 heterocycles. The number of halogens is 1. The Kier molecular flexibility index (Phi) is 13.2. The van der Waals surface area contributed by atoms with Gasteiger partial charge in [-0.1, -0.05) is 69.2 Å². The largest absolute Gasteiger partial charge is 0.443 e. The second kappa shape index (κ2) is 13.8. The first-order chi connectivity index (χ1) is 13.6. The van der Waals surface area contributed by atoms with Crippen LogP contribution in [0.25, 0.3) is 0 Å². The molecule has 0 fully saturated rings. The summed E-state index contributed by atoms with van der Waals surface area (Å²) in [6, 6.07) is 0. The topological polar surface area (TPSA) is 29.5 Å². The Morgan fingerprint density at radius 1 is 1.17 bits per heavy atom. The maximum absolute atomic E-state index is 12.1. The Labute approximate surface area is 195 Å². The summed E-state index contributed by atoms with van der Waals surface area (Å²) in [5.74, 6) is -0.297. The number of nitrogens with zero attached hydrogens (tertiary/aromatic N) is 1. The summed E-state index contributed by atoms with van der Waals surface area (Å²) in [5, 5.41) is 0. The predicted octanol–water partition coefficient (Wildman–Crippen LogP) is 7.33. The third-order valence-corrected chi connectivity index (χ3v) is 5.73. The molecule has 4 heteroatoms. The zero-order valence-corrected chi connectivity index (χ0v) is 22.0. The fraction of sp³-hybridized carbons (Fsp3) is 0.577. The minimum absolute atomic E-state index is 0. The third-order valence-electron chi connectivity index (χ3n) is 5.73. The van der Waals surface area contributed by atoms with Crippen LogP contribution in [0.4, 0.5) is 0 Å². The standard InChI is InChI=1S/C26H41NO2.BrH/c1-9-27(10-2)23(6)29-25(28)19-21(4)14-11-13-20(3)16-17-24-22(5)15-12-18-26(24,7)8;/h11,13-14,16-17,19,23H,9-10,12,15,18H2,1-8H3;1H/b14-11+,17-16+,20-13+,21-19+;. The molecule has 1 aliphatic rings. The molecule has 170 valence electrons. The maximum Gasteiger partial charge on any atom is 0.332 e. The predicted molar refractivity (Wildman–Crippen MR) is 135 cm³/mol. The van der Waals surface area contributed by atoms with Crippen LogP contribution in [-0.4, -0.2) is 30.2 Å². The highest BCUT2D eigenvalue weighted by molar-refractivity contribution is 8.93. The molecule has 0 aromatic heterocycles. The fourth-order valence-electron chi connectivity index (χ4n) is 3.88. The number of carbonyl (C=O) groups is 1. The van der Waals surface area contributed by atoms with E-state index in [1.54, 1.807) is 6.08 Å². The van der Waals surface area contributed by atoms with E-state index in [1.165, 1.54) is 36.0 Å². The second-order valence-corrected chi connectivity index (χ2v) is 8.68. The summed E-state index contributed by atoms with van der Waals surface area (Å²) in [5.41, 5.74) is 5.31. The first kappa shape index (κ1) is 28.6. The van der Waals surface area contributed by atoms with Crippen LogP contribution in [0.5, 0.6) is 0 Å². The number of allylic oxidation sites excluding steroid dienone is 9. The number of carbonyl (C=O) groups excluding carboxylic acids is 1. The highest BCUT2D eigenvalue weighted by Crippen LogP contribution is 2.40. The molecule has 1 atom stereocenters. The summed E-state index contributed by atoms with van der Waals surface area (Å²) in [7, 11) is 0. The maximum atomic E-state index is 12.1. The van der Waals surface area contributed by atoms with E-state index in [2.05, 4.69) is 64.7 Å². The Morgan fingerprint density at radius 3 is 2.37 bits per heavy atom. The van der Waals surface area contributed by atoms with Gasteiger partial charge in [0, 0.05) is 6.08 Å². The van der Waals surface area contributed by atoms with Crippen LogP contribution >= 0.6 is 17.0 Å². The minimum Gasteiger partial charge on any atom is -0.443 e. The van der Waals surface area contributed by atoms with Crippen molar-refractivity contribution in [2.24, 2.45) is 5.41 Å². The molecule has 0 aromatic carbocycles. The minimum atomic E-state index is -0.297. The van der Waals surface area contributed by atoms with Crippen molar-refractivity contribution >= 4 is 23.0 Å². The van der Waals surface area contributed by atoms with Crippen molar-refractivity contribution in [1.29, 1.82) is 0 Å². The van der Waals surface area contributed by atoms with Gasteiger partial charge >= 0.3 is 5.97 Å². The molecule has 0 saturated heterocycles. The Bertz CT molecular complexity index is 707. The van der Waals surface area contributed by atoms with Crippen LogP contribution < -0.4 is 0 Å². The van der Waals surface area contributed by atoms with Gasteiger partial charge in [-0.3, -0.25) is 4.90 Å². The first-order valence-corrected chi connectivity index (χ1v) is 11.0. The van der Waals surface area contributed by atoms with E-state index in [0.717, 1.165) is 18.7 Å². The SMILES string of the molecule is Br.CCN(CC)C(C)OC(=O)/C=C(C)/C=C/C=C(C)/C=C/C1=C(C)CCCC1(C)C. The van der Waals surface area contributed by atoms with Crippen molar-refractivity contribution in [2.75, 3.05) is 13.1 Å². The van der Waals surface area contributed by atoms with E-state index >= 15 is 0 Å². The van der Waals surface area contributed by atoms with E-state index in [-0.39, 0.29) is 34.6 Å². The molecule has 3 nitrogen and oxygen atoms in total. The lowest BCUT2D eigenvalue weighted by atomic mass is 9.72. The quantitative estimate of drug-likeness (QED) is 0.150. The summed E-state index contributed by atoms with van der Waals surface area (Å²) in [4.78, 5) is 14.2. The molecule has 0 amide bonds. The van der Waals surface area contributed by atoms with Gasteiger partial charge in [-0.25, -0.2) is 4.79 Å². The monoisotopic (exact) mass is 479 g/mol. The van der Waals surface area contributed by atoms with Crippen LogP contribution in [0.2, 0.25) is 0 Å². The van der Waals surface area contributed by atoms with Gasteiger partial charge in [0.2, 0.25) is 0 Å². The summed E-state index contributed by atoms with van der Waals surface area (Å²) < 4.78 is 5.47. The van der Waals surface area contributed by atoms with Crippen molar-refractivity contribution in [2.45, 2.75) is 80.9 Å². The average molecular weight is 481 g/mol. The van der Waals surface area contributed by atoms with E-state index in [4.69, 9.17) is 4.74 Å². The Balaban J connectivity index is 0.00000841. The number of hydrogen-bond acceptors (Lipinski definition) is 3. The van der Waals surface area contributed by atoms with Crippen LogP contribution in [0.15, 0.2) is 58.7 Å². The first-order valence-electron chi connectivity index (χ1n) is 11.0. The number of rotatable bonds is 9. The molecule has 30 heavy (non-hydrogen) atoms. The molecular formula is C26H42BrNO2. The van der Waals surface area contributed by atoms with Crippen LogP contribution in [-0.2, 0) is 9.53 Å². The van der Waals surface area contributed by atoms with E-state index in [0.29, 0.717) is 0 Å². The Morgan fingerprint density at radius 2 is 1.80 bits per heavy atom. The highest BCUT2D eigenvalue weighted by Gasteiger charge is 2.26. The van der Waals surface area contributed by atoms with Crippen molar-refractivity contribution in [3.8, 4) is 0 Å². The van der Waals surface area contributed by atoms with Crippen LogP contribution in [0.1, 0.15) is 74.7 Å². The fourth-order valence-corrected chi connectivity index (χ4v) is 3.88. The number of ether oxygens (including phenoxy) is 1. The van der Waals surface area contributed by atoms with Crippen molar-refractivity contribution < 1.29 is 9.53 Å². The zero-order valence-electron chi connectivity index (χ0n) is 20.2. The van der Waals surface area contributed by atoms with Gasteiger partial charge in [0.1, 0.15) is 0 Å². The summed E-state index contributed by atoms with van der Waals surface area (Å²) in [6.45, 7) is 18.7. The van der Waals surface area contributed by atoms with E-state index in [9.17, 15) is 4.79 Å². The molecule has 0 spiro atoms. The van der Waals surface area contributed by atoms with Crippen molar-refractivity contribution in [3.05, 3.63) is 58.7 Å². The number of hydrogen-bond donors (Lipinski definition) is 0. The summed E-state index contributed by atoms with van der Waals surface area (Å²) in [6.07, 6.45) is 15.6. The van der Waals surface area contributed by atoms with E-state index < -0.39 is 0 Å². The van der Waals surface area contributed by atoms with Gasteiger partial charge < -0.3 is 4.74 Å². The normalized spacial score (nSPS) is 18.8. The molecule has 0 aromatic rings. The second-order valence-electron chi connectivity index (χ2n) is 8.68. The highest BCUT2D eigenvalue weighted by atomic mass is 79.9. The molecular weight excluding hydrogens is 438 g/mol.